The van der Waals surface area contributed by atoms with E-state index in [1.807, 2.05) is 0 Å². The Morgan fingerprint density at radius 1 is 1.43 bits per heavy atom. The van der Waals surface area contributed by atoms with Crippen molar-refractivity contribution >= 4 is 18.0 Å². The molecule has 0 aliphatic carbocycles. The Bertz CT molecular complexity index is 302. The second-order valence-corrected chi connectivity index (χ2v) is 2.25. The summed E-state index contributed by atoms with van der Waals surface area (Å²) in [5.41, 5.74) is 0. The summed E-state index contributed by atoms with van der Waals surface area (Å²) in [7, 11) is 0. The van der Waals surface area contributed by atoms with Crippen molar-refractivity contribution in [1.29, 1.82) is 0 Å². The highest BCUT2D eigenvalue weighted by Gasteiger charge is 2.28. The van der Waals surface area contributed by atoms with Gasteiger partial charge in [-0.2, -0.15) is 0 Å². The fourth-order valence-electron chi connectivity index (χ4n) is 0.704. The summed E-state index contributed by atoms with van der Waals surface area (Å²) in [6.45, 7) is 3.25. The molecule has 0 radical (unpaired) electrons. The van der Waals surface area contributed by atoms with Crippen LogP contribution in [0.2, 0.25) is 0 Å². The summed E-state index contributed by atoms with van der Waals surface area (Å²) in [5.74, 6) is -1.43. The van der Waals surface area contributed by atoms with E-state index in [1.165, 1.54) is 6.08 Å². The lowest BCUT2D eigenvalue weighted by Crippen LogP contribution is -2.33. The van der Waals surface area contributed by atoms with E-state index >= 15 is 0 Å². The van der Waals surface area contributed by atoms with E-state index in [9.17, 15) is 14.4 Å². The molecule has 1 aliphatic heterocycles. The van der Waals surface area contributed by atoms with E-state index < -0.39 is 18.0 Å². The average molecular weight is 197 g/mol. The lowest BCUT2D eigenvalue weighted by molar-refractivity contribution is -0.174. The lowest BCUT2D eigenvalue weighted by Gasteiger charge is -2.11. The molecule has 1 heterocycles. The van der Waals surface area contributed by atoms with Gasteiger partial charge in [0.2, 0.25) is 0 Å². The second-order valence-electron chi connectivity index (χ2n) is 2.25. The van der Waals surface area contributed by atoms with Crippen molar-refractivity contribution in [3.8, 4) is 0 Å². The minimum atomic E-state index is -1.13. The number of amides is 2. The molecule has 0 unspecified atom stereocenters. The molecule has 0 atom stereocenters. The van der Waals surface area contributed by atoms with Gasteiger partial charge in [-0.3, -0.25) is 14.4 Å². The summed E-state index contributed by atoms with van der Waals surface area (Å²) in [6, 6.07) is 0. The lowest BCUT2D eigenvalue weighted by atomic mass is 10.6. The third-order valence-corrected chi connectivity index (χ3v) is 1.25. The summed E-state index contributed by atoms with van der Waals surface area (Å²) in [5, 5.41) is 0.311. The maximum atomic E-state index is 10.9. The standard InChI is InChI=1S/C8H7NO5/c1-2-5-13-8(12)14-9-6(10)3-4-7(9)11/h2-4H,1,5H2. The maximum Gasteiger partial charge on any atom is 0.534 e. The van der Waals surface area contributed by atoms with E-state index in [4.69, 9.17) is 0 Å². The smallest absolute Gasteiger partial charge is 0.428 e. The Morgan fingerprint density at radius 3 is 2.50 bits per heavy atom. The molecule has 0 aromatic carbocycles. The number of ether oxygens (including phenoxy) is 1. The SMILES string of the molecule is C=CCOC(=O)ON1C(=O)C=CC1=O. The molecule has 0 fully saturated rings. The van der Waals surface area contributed by atoms with Gasteiger partial charge in [0, 0.05) is 12.2 Å². The van der Waals surface area contributed by atoms with Gasteiger partial charge in [-0.05, 0) is 0 Å². The van der Waals surface area contributed by atoms with Gasteiger partial charge in [0.05, 0.1) is 0 Å². The van der Waals surface area contributed by atoms with E-state index in [2.05, 4.69) is 16.2 Å². The van der Waals surface area contributed by atoms with Gasteiger partial charge in [-0.25, -0.2) is 4.79 Å². The summed E-state index contributed by atoms with van der Waals surface area (Å²) >= 11 is 0. The average Bonchev–Trinajstić information content (AvgIpc) is 2.46. The number of hydrogen-bond donors (Lipinski definition) is 0. The van der Waals surface area contributed by atoms with Crippen LogP contribution in [-0.2, 0) is 19.2 Å². The summed E-state index contributed by atoms with van der Waals surface area (Å²) in [4.78, 5) is 36.8. The van der Waals surface area contributed by atoms with E-state index in [1.54, 1.807) is 0 Å². The highest BCUT2D eigenvalue weighted by molar-refractivity contribution is 6.12. The predicted octanol–water partition coefficient (Wildman–Crippen LogP) is 0.166. The number of hydrogen-bond acceptors (Lipinski definition) is 5. The van der Waals surface area contributed by atoms with Crippen LogP contribution in [0.3, 0.4) is 0 Å². The van der Waals surface area contributed by atoms with E-state index in [0.717, 1.165) is 12.2 Å². The monoisotopic (exact) mass is 197 g/mol. The Hall–Kier alpha value is -2.11. The third-order valence-electron chi connectivity index (χ3n) is 1.25. The topological polar surface area (TPSA) is 72.9 Å². The third kappa shape index (κ3) is 2.19. The molecule has 2 amide bonds. The molecule has 1 aliphatic rings. The van der Waals surface area contributed by atoms with Crippen LogP contribution in [0, 0.1) is 0 Å². The Morgan fingerprint density at radius 2 is 2.00 bits per heavy atom. The largest absolute Gasteiger partial charge is 0.534 e. The van der Waals surface area contributed by atoms with Crippen molar-refractivity contribution in [3.05, 3.63) is 24.8 Å². The first-order valence-electron chi connectivity index (χ1n) is 3.67. The van der Waals surface area contributed by atoms with Crippen LogP contribution in [0.4, 0.5) is 4.79 Å². The Labute approximate surface area is 79.3 Å². The number of nitrogens with zero attached hydrogens (tertiary/aromatic N) is 1. The summed E-state index contributed by atoms with van der Waals surface area (Å²) in [6.07, 6.45) is 2.18. The molecule has 1 rings (SSSR count). The van der Waals surface area contributed by atoms with Gasteiger partial charge in [0.15, 0.2) is 0 Å². The molecule has 74 valence electrons. The van der Waals surface area contributed by atoms with Gasteiger partial charge in [-0.15, -0.1) is 0 Å². The zero-order valence-corrected chi connectivity index (χ0v) is 7.13. The van der Waals surface area contributed by atoms with Gasteiger partial charge < -0.3 is 4.74 Å². The molecule has 0 N–H and O–H groups in total. The fourth-order valence-corrected chi connectivity index (χ4v) is 0.704. The molecule has 14 heavy (non-hydrogen) atoms. The van der Waals surface area contributed by atoms with Crippen LogP contribution in [0.1, 0.15) is 0 Å². The van der Waals surface area contributed by atoms with Crippen molar-refractivity contribution in [1.82, 2.24) is 5.06 Å². The molecule has 0 aromatic heterocycles. The van der Waals surface area contributed by atoms with E-state index in [0.29, 0.717) is 5.06 Å². The van der Waals surface area contributed by atoms with Crippen LogP contribution < -0.4 is 0 Å². The molecular formula is C8H7NO5. The molecule has 6 heteroatoms. The van der Waals surface area contributed by atoms with Gasteiger partial charge in [-0.1, -0.05) is 17.7 Å². The van der Waals surface area contributed by atoms with Crippen molar-refractivity contribution in [2.75, 3.05) is 6.61 Å². The first-order valence-corrected chi connectivity index (χ1v) is 3.67. The second kappa shape index (κ2) is 4.22. The number of hydroxylamine groups is 2. The number of carbonyl (C=O) groups is 3. The molecule has 0 saturated carbocycles. The maximum absolute atomic E-state index is 10.9. The molecule has 0 spiro atoms. The Balaban J connectivity index is 2.44. The van der Waals surface area contributed by atoms with Gasteiger partial charge in [0.1, 0.15) is 6.61 Å². The van der Waals surface area contributed by atoms with Gasteiger partial charge in [0.25, 0.3) is 11.8 Å². The quantitative estimate of drug-likeness (QED) is 0.366. The molecule has 0 saturated heterocycles. The minimum absolute atomic E-state index is 0.0531. The van der Waals surface area contributed by atoms with Crippen molar-refractivity contribution in [2.24, 2.45) is 0 Å². The Kier molecular flexibility index (Phi) is 3.01. The first-order chi connectivity index (χ1) is 6.65. The normalized spacial score (nSPS) is 14.4. The zero-order chi connectivity index (χ0) is 10.6. The predicted molar refractivity (Wildman–Crippen MR) is 43.6 cm³/mol. The highest BCUT2D eigenvalue weighted by atomic mass is 16.8. The number of rotatable bonds is 3. The van der Waals surface area contributed by atoms with Crippen LogP contribution in [0.15, 0.2) is 24.8 Å². The zero-order valence-electron chi connectivity index (χ0n) is 7.13. The van der Waals surface area contributed by atoms with Crippen molar-refractivity contribution in [3.63, 3.8) is 0 Å². The van der Waals surface area contributed by atoms with Crippen LogP contribution >= 0.6 is 0 Å². The highest BCUT2D eigenvalue weighted by Crippen LogP contribution is 2.05. The molecule has 0 bridgehead atoms. The van der Waals surface area contributed by atoms with Gasteiger partial charge >= 0.3 is 6.16 Å². The van der Waals surface area contributed by atoms with E-state index in [-0.39, 0.29) is 6.61 Å². The fraction of sp³-hybridized carbons (Fsp3) is 0.125. The van der Waals surface area contributed by atoms with Crippen molar-refractivity contribution in [2.45, 2.75) is 0 Å². The minimum Gasteiger partial charge on any atom is -0.428 e. The number of carbonyl (C=O) groups excluding carboxylic acids is 3. The summed E-state index contributed by atoms with van der Waals surface area (Å²) < 4.78 is 4.40. The van der Waals surface area contributed by atoms with Crippen LogP contribution in [-0.4, -0.2) is 29.6 Å². The van der Waals surface area contributed by atoms with Crippen LogP contribution in [0.5, 0.6) is 0 Å². The first kappa shape index (κ1) is 9.97. The van der Waals surface area contributed by atoms with Crippen LogP contribution in [0.25, 0.3) is 0 Å². The molecule has 6 nitrogen and oxygen atoms in total. The molecular weight excluding hydrogens is 190 g/mol. The number of imide groups is 1. The molecule has 0 aromatic rings. The van der Waals surface area contributed by atoms with Crippen molar-refractivity contribution < 1.29 is 24.0 Å².